The van der Waals surface area contributed by atoms with Crippen molar-refractivity contribution in [2.24, 2.45) is 0 Å². The van der Waals surface area contributed by atoms with Gasteiger partial charge in [0.2, 0.25) is 0 Å². The lowest BCUT2D eigenvalue weighted by atomic mass is 10.3. The highest BCUT2D eigenvalue weighted by molar-refractivity contribution is 5.37. The molecule has 1 N–H and O–H groups in total. The minimum atomic E-state index is 0.453. The summed E-state index contributed by atoms with van der Waals surface area (Å²) in [4.78, 5) is 11.0. The summed E-state index contributed by atoms with van der Waals surface area (Å²) in [5, 5.41) is 3.08. The number of hydrogen-bond acceptors (Lipinski definition) is 4. The van der Waals surface area contributed by atoms with Crippen LogP contribution in [-0.4, -0.2) is 29.6 Å². The van der Waals surface area contributed by atoms with Crippen LogP contribution in [0.15, 0.2) is 12.4 Å². The Hall–Kier alpha value is -1.16. The van der Waals surface area contributed by atoms with E-state index in [0.29, 0.717) is 6.04 Å². The third-order valence-electron chi connectivity index (χ3n) is 2.29. The number of aromatic nitrogens is 2. The molecule has 15 heavy (non-hydrogen) atoms. The molecule has 0 aliphatic rings. The highest BCUT2D eigenvalue weighted by Gasteiger charge is 2.10. The molecule has 1 heterocycles. The summed E-state index contributed by atoms with van der Waals surface area (Å²) in [6.07, 6.45) is 3.62. The van der Waals surface area contributed by atoms with Gasteiger partial charge in [0.25, 0.3) is 0 Å². The largest absolute Gasteiger partial charge is 0.353 e. The van der Waals surface area contributed by atoms with Crippen LogP contribution in [-0.2, 0) is 6.54 Å². The van der Waals surface area contributed by atoms with Crippen molar-refractivity contribution in [2.75, 3.05) is 18.5 Å². The lowest BCUT2D eigenvalue weighted by Gasteiger charge is -2.26. The van der Waals surface area contributed by atoms with Crippen molar-refractivity contribution < 1.29 is 0 Å². The van der Waals surface area contributed by atoms with Gasteiger partial charge in [-0.25, -0.2) is 4.98 Å². The van der Waals surface area contributed by atoms with Gasteiger partial charge in [-0.1, -0.05) is 0 Å². The van der Waals surface area contributed by atoms with E-state index in [4.69, 9.17) is 0 Å². The number of rotatable bonds is 5. The molecule has 0 spiro atoms. The fourth-order valence-corrected chi connectivity index (χ4v) is 1.59. The first-order valence-electron chi connectivity index (χ1n) is 5.41. The maximum Gasteiger partial charge on any atom is 0.147 e. The van der Waals surface area contributed by atoms with Crippen LogP contribution in [0.2, 0.25) is 0 Å². The van der Waals surface area contributed by atoms with Gasteiger partial charge in [-0.3, -0.25) is 4.98 Å². The smallest absolute Gasteiger partial charge is 0.147 e. The molecule has 0 aliphatic heterocycles. The Balaban J connectivity index is 2.87. The van der Waals surface area contributed by atoms with Crippen LogP contribution in [0.3, 0.4) is 0 Å². The van der Waals surface area contributed by atoms with Gasteiger partial charge in [-0.15, -0.1) is 0 Å². The van der Waals surface area contributed by atoms with Crippen LogP contribution in [0.4, 0.5) is 5.82 Å². The summed E-state index contributed by atoms with van der Waals surface area (Å²) in [6, 6.07) is 0.453. The molecule has 0 unspecified atom stereocenters. The second kappa shape index (κ2) is 5.66. The van der Waals surface area contributed by atoms with Gasteiger partial charge in [0, 0.05) is 25.3 Å². The van der Waals surface area contributed by atoms with Crippen LogP contribution >= 0.6 is 0 Å². The van der Waals surface area contributed by atoms with Crippen LogP contribution in [0.25, 0.3) is 0 Å². The first-order valence-corrected chi connectivity index (χ1v) is 5.41. The molecule has 0 atom stereocenters. The van der Waals surface area contributed by atoms with E-state index in [1.54, 1.807) is 6.20 Å². The predicted molar refractivity (Wildman–Crippen MR) is 63.0 cm³/mol. The van der Waals surface area contributed by atoms with Crippen molar-refractivity contribution in [2.45, 2.75) is 33.4 Å². The molecule has 0 radical (unpaired) electrons. The molecule has 0 amide bonds. The van der Waals surface area contributed by atoms with Gasteiger partial charge >= 0.3 is 0 Å². The molecule has 1 rings (SSSR count). The monoisotopic (exact) mass is 208 g/mol. The van der Waals surface area contributed by atoms with Gasteiger partial charge < -0.3 is 10.2 Å². The van der Waals surface area contributed by atoms with E-state index in [2.05, 4.69) is 41.0 Å². The van der Waals surface area contributed by atoms with Gasteiger partial charge in [0.15, 0.2) is 0 Å². The lowest BCUT2D eigenvalue weighted by Crippen LogP contribution is -2.31. The fraction of sp³-hybridized carbons (Fsp3) is 0.636. The Kier molecular flexibility index (Phi) is 4.49. The van der Waals surface area contributed by atoms with Gasteiger partial charge in [0.1, 0.15) is 5.82 Å². The molecule has 4 nitrogen and oxygen atoms in total. The van der Waals surface area contributed by atoms with E-state index >= 15 is 0 Å². The van der Waals surface area contributed by atoms with Gasteiger partial charge in [-0.2, -0.15) is 0 Å². The normalized spacial score (nSPS) is 10.7. The topological polar surface area (TPSA) is 41.1 Å². The highest BCUT2D eigenvalue weighted by Crippen LogP contribution is 2.12. The molecular weight excluding hydrogens is 188 g/mol. The van der Waals surface area contributed by atoms with Crippen LogP contribution in [0, 0.1) is 0 Å². The molecule has 0 saturated carbocycles. The lowest BCUT2D eigenvalue weighted by molar-refractivity contribution is 0.683. The maximum atomic E-state index is 4.56. The number of anilines is 1. The Morgan fingerprint density at radius 2 is 2.13 bits per heavy atom. The Bertz CT molecular complexity index is 298. The standard InChI is InChI=1S/C11H20N4/c1-5-15(9(2)3)11-8-13-7-10(14-11)6-12-4/h7-9,12H,5-6H2,1-4H3. The molecular formula is C11H20N4. The number of nitrogens with zero attached hydrogens (tertiary/aromatic N) is 3. The minimum absolute atomic E-state index is 0.453. The molecule has 0 bridgehead atoms. The zero-order chi connectivity index (χ0) is 11.3. The zero-order valence-corrected chi connectivity index (χ0v) is 9.99. The number of nitrogens with one attached hydrogen (secondary N) is 1. The van der Waals surface area contributed by atoms with Crippen molar-refractivity contribution >= 4 is 5.82 Å². The quantitative estimate of drug-likeness (QED) is 0.794. The van der Waals surface area contributed by atoms with E-state index in [1.165, 1.54) is 0 Å². The first kappa shape index (κ1) is 11.9. The van der Waals surface area contributed by atoms with Crippen molar-refractivity contribution in [3.63, 3.8) is 0 Å². The zero-order valence-electron chi connectivity index (χ0n) is 9.99. The van der Waals surface area contributed by atoms with E-state index in [1.807, 2.05) is 13.2 Å². The second-order valence-electron chi connectivity index (χ2n) is 3.78. The molecule has 0 aromatic carbocycles. The third kappa shape index (κ3) is 3.16. The molecule has 4 heteroatoms. The molecule has 84 valence electrons. The minimum Gasteiger partial charge on any atom is -0.353 e. The van der Waals surface area contributed by atoms with Crippen LogP contribution < -0.4 is 10.2 Å². The average Bonchev–Trinajstić information content (AvgIpc) is 2.19. The SMILES string of the molecule is CCN(c1cncc(CNC)n1)C(C)C. The number of hydrogen-bond donors (Lipinski definition) is 1. The second-order valence-corrected chi connectivity index (χ2v) is 3.78. The van der Waals surface area contributed by atoms with E-state index < -0.39 is 0 Å². The molecule has 0 saturated heterocycles. The van der Waals surface area contributed by atoms with E-state index in [0.717, 1.165) is 24.6 Å². The average molecular weight is 208 g/mol. The fourth-order valence-electron chi connectivity index (χ4n) is 1.59. The highest BCUT2D eigenvalue weighted by atomic mass is 15.2. The summed E-state index contributed by atoms with van der Waals surface area (Å²) in [5.41, 5.74) is 0.981. The van der Waals surface area contributed by atoms with Crippen LogP contribution in [0.1, 0.15) is 26.5 Å². The maximum absolute atomic E-state index is 4.56. The first-order chi connectivity index (χ1) is 7.19. The van der Waals surface area contributed by atoms with Crippen molar-refractivity contribution in [3.05, 3.63) is 18.1 Å². The molecule has 0 fully saturated rings. The van der Waals surface area contributed by atoms with Gasteiger partial charge in [-0.05, 0) is 27.8 Å². The Morgan fingerprint density at radius 1 is 1.40 bits per heavy atom. The van der Waals surface area contributed by atoms with Crippen molar-refractivity contribution in [1.82, 2.24) is 15.3 Å². The summed E-state index contributed by atoms with van der Waals surface area (Å²) in [6.45, 7) is 8.17. The Labute approximate surface area is 91.7 Å². The van der Waals surface area contributed by atoms with E-state index in [9.17, 15) is 0 Å². The van der Waals surface area contributed by atoms with Crippen LogP contribution in [0.5, 0.6) is 0 Å². The summed E-state index contributed by atoms with van der Waals surface area (Å²) in [7, 11) is 1.91. The third-order valence-corrected chi connectivity index (χ3v) is 2.29. The Morgan fingerprint density at radius 3 is 2.67 bits per heavy atom. The summed E-state index contributed by atoms with van der Waals surface area (Å²) < 4.78 is 0. The molecule has 1 aromatic heterocycles. The summed E-state index contributed by atoms with van der Waals surface area (Å²) in [5.74, 6) is 0.959. The predicted octanol–water partition coefficient (Wildman–Crippen LogP) is 1.43. The van der Waals surface area contributed by atoms with E-state index in [-0.39, 0.29) is 0 Å². The van der Waals surface area contributed by atoms with Crippen molar-refractivity contribution in [3.8, 4) is 0 Å². The van der Waals surface area contributed by atoms with Crippen molar-refractivity contribution in [1.29, 1.82) is 0 Å². The van der Waals surface area contributed by atoms with Gasteiger partial charge in [0.05, 0.1) is 11.9 Å². The molecule has 0 aliphatic carbocycles. The molecule has 1 aromatic rings. The summed E-state index contributed by atoms with van der Waals surface area (Å²) >= 11 is 0.